The maximum absolute atomic E-state index is 10.9. The molecule has 1 saturated heterocycles. The number of halogens is 1. The van der Waals surface area contributed by atoms with Crippen molar-refractivity contribution in [1.29, 1.82) is 0 Å². The van der Waals surface area contributed by atoms with Crippen LogP contribution in [-0.2, 0) is 4.79 Å². The van der Waals surface area contributed by atoms with Crippen molar-refractivity contribution in [2.75, 3.05) is 13.6 Å². The first-order valence-electron chi connectivity index (χ1n) is 5.26. The van der Waals surface area contributed by atoms with E-state index >= 15 is 0 Å². The summed E-state index contributed by atoms with van der Waals surface area (Å²) in [4.78, 5) is 13.0. The summed E-state index contributed by atoms with van der Waals surface area (Å²) < 4.78 is 0. The van der Waals surface area contributed by atoms with Crippen LogP contribution in [0.1, 0.15) is 18.0 Å². The number of likely N-dealkylation sites (tertiary alicyclic amines) is 1. The number of hydrogen-bond donors (Lipinski definition) is 1. The van der Waals surface area contributed by atoms with Crippen LogP contribution in [0.2, 0.25) is 5.02 Å². The molecule has 0 unspecified atom stereocenters. The Kier molecular flexibility index (Phi) is 3.17. The average molecular weight is 240 g/mol. The Hall–Kier alpha value is -1.06. The number of carboxylic acids is 1. The van der Waals surface area contributed by atoms with Gasteiger partial charge in [0.15, 0.2) is 0 Å². The lowest BCUT2D eigenvalue weighted by atomic mass is 10.0. The molecule has 4 heteroatoms. The van der Waals surface area contributed by atoms with Gasteiger partial charge >= 0.3 is 5.97 Å². The summed E-state index contributed by atoms with van der Waals surface area (Å²) in [6.45, 7) is 0.614. The normalized spacial score (nSPS) is 25.9. The molecule has 1 aromatic carbocycles. The molecule has 0 saturated carbocycles. The van der Waals surface area contributed by atoms with Gasteiger partial charge in [0.1, 0.15) is 0 Å². The minimum Gasteiger partial charge on any atom is -0.481 e. The first-order valence-corrected chi connectivity index (χ1v) is 5.64. The van der Waals surface area contributed by atoms with Crippen molar-refractivity contribution >= 4 is 17.6 Å². The van der Waals surface area contributed by atoms with Gasteiger partial charge in [-0.2, -0.15) is 0 Å². The number of rotatable bonds is 2. The van der Waals surface area contributed by atoms with Crippen molar-refractivity contribution in [3.63, 3.8) is 0 Å². The molecule has 1 aliphatic rings. The molecule has 0 bridgehead atoms. The minimum atomic E-state index is -0.705. The quantitative estimate of drug-likeness (QED) is 0.862. The van der Waals surface area contributed by atoms with E-state index in [0.717, 1.165) is 5.56 Å². The Morgan fingerprint density at radius 1 is 1.44 bits per heavy atom. The number of aliphatic carboxylic acids is 1. The zero-order valence-electron chi connectivity index (χ0n) is 9.06. The number of hydrogen-bond acceptors (Lipinski definition) is 2. The molecule has 1 aliphatic heterocycles. The Labute approximate surface area is 99.6 Å². The molecule has 0 aliphatic carbocycles. The molecule has 1 heterocycles. The molecule has 1 fully saturated rings. The number of carbonyl (C=O) groups is 1. The SMILES string of the molecule is CN1C[C@@H](C(=O)O)C[C@@H]1c1ccc(Cl)cc1. The molecule has 16 heavy (non-hydrogen) atoms. The lowest BCUT2D eigenvalue weighted by Gasteiger charge is -2.19. The topological polar surface area (TPSA) is 40.5 Å². The predicted octanol–water partition coefficient (Wildman–Crippen LogP) is 2.42. The van der Waals surface area contributed by atoms with Crippen LogP contribution in [0.25, 0.3) is 0 Å². The van der Waals surface area contributed by atoms with E-state index in [1.54, 1.807) is 0 Å². The Morgan fingerprint density at radius 3 is 2.56 bits per heavy atom. The van der Waals surface area contributed by atoms with Crippen molar-refractivity contribution < 1.29 is 9.90 Å². The van der Waals surface area contributed by atoms with Crippen LogP contribution >= 0.6 is 11.6 Å². The van der Waals surface area contributed by atoms with Crippen LogP contribution in [0, 0.1) is 5.92 Å². The largest absolute Gasteiger partial charge is 0.481 e. The standard InChI is InChI=1S/C12H14ClNO2/c1-14-7-9(12(15)16)6-11(14)8-2-4-10(13)5-3-8/h2-5,9,11H,6-7H2,1H3,(H,15,16)/t9-,11+/m0/s1. The average Bonchev–Trinajstić information content (AvgIpc) is 2.62. The summed E-state index contributed by atoms with van der Waals surface area (Å²) in [6, 6.07) is 7.82. The zero-order valence-corrected chi connectivity index (χ0v) is 9.81. The molecule has 0 radical (unpaired) electrons. The third kappa shape index (κ3) is 2.20. The number of carboxylic acid groups (broad SMARTS) is 1. The highest BCUT2D eigenvalue weighted by Gasteiger charge is 2.34. The summed E-state index contributed by atoms with van der Waals surface area (Å²) in [5.41, 5.74) is 1.13. The first kappa shape index (κ1) is 11.4. The molecule has 0 amide bonds. The van der Waals surface area contributed by atoms with Gasteiger partial charge in [-0.25, -0.2) is 0 Å². The van der Waals surface area contributed by atoms with Gasteiger partial charge in [0.05, 0.1) is 5.92 Å². The van der Waals surface area contributed by atoms with Gasteiger partial charge < -0.3 is 5.11 Å². The molecule has 2 rings (SSSR count). The van der Waals surface area contributed by atoms with E-state index < -0.39 is 5.97 Å². The lowest BCUT2D eigenvalue weighted by molar-refractivity contribution is -0.141. The Balaban J connectivity index is 2.16. The maximum Gasteiger partial charge on any atom is 0.307 e. The van der Waals surface area contributed by atoms with Crippen LogP contribution in [0.3, 0.4) is 0 Å². The van der Waals surface area contributed by atoms with Crippen molar-refractivity contribution in [3.8, 4) is 0 Å². The van der Waals surface area contributed by atoms with E-state index in [4.69, 9.17) is 16.7 Å². The highest BCUT2D eigenvalue weighted by atomic mass is 35.5. The molecule has 3 nitrogen and oxygen atoms in total. The summed E-state index contributed by atoms with van der Waals surface area (Å²) >= 11 is 5.83. The fraction of sp³-hybridized carbons (Fsp3) is 0.417. The van der Waals surface area contributed by atoms with Crippen LogP contribution in [0.5, 0.6) is 0 Å². The van der Waals surface area contributed by atoms with Crippen LogP contribution in [0.4, 0.5) is 0 Å². The van der Waals surface area contributed by atoms with Crippen molar-refractivity contribution in [1.82, 2.24) is 4.90 Å². The monoisotopic (exact) mass is 239 g/mol. The molecular weight excluding hydrogens is 226 g/mol. The van der Waals surface area contributed by atoms with Gasteiger partial charge in [0, 0.05) is 17.6 Å². The summed E-state index contributed by atoms with van der Waals surface area (Å²) in [5, 5.41) is 9.70. The summed E-state index contributed by atoms with van der Waals surface area (Å²) in [6.07, 6.45) is 0.674. The molecule has 2 atom stereocenters. The van der Waals surface area contributed by atoms with Crippen LogP contribution in [0.15, 0.2) is 24.3 Å². The maximum atomic E-state index is 10.9. The molecule has 0 aromatic heterocycles. The number of benzene rings is 1. The zero-order chi connectivity index (χ0) is 11.7. The second kappa shape index (κ2) is 4.44. The van der Waals surface area contributed by atoms with E-state index in [1.165, 1.54) is 0 Å². The lowest BCUT2D eigenvalue weighted by Crippen LogP contribution is -2.20. The third-order valence-corrected chi connectivity index (χ3v) is 3.40. The van der Waals surface area contributed by atoms with Gasteiger partial charge in [-0.05, 0) is 31.2 Å². The van der Waals surface area contributed by atoms with E-state index in [-0.39, 0.29) is 12.0 Å². The first-order chi connectivity index (χ1) is 7.58. The minimum absolute atomic E-state index is 0.193. The van der Waals surface area contributed by atoms with E-state index in [0.29, 0.717) is 18.0 Å². The van der Waals surface area contributed by atoms with Gasteiger partial charge in [0.2, 0.25) is 0 Å². The summed E-state index contributed by atoms with van der Waals surface area (Å²) in [7, 11) is 1.96. The smallest absolute Gasteiger partial charge is 0.307 e. The Bertz CT molecular complexity index is 391. The highest BCUT2D eigenvalue weighted by molar-refractivity contribution is 6.30. The number of nitrogens with zero attached hydrogens (tertiary/aromatic N) is 1. The molecule has 1 N–H and O–H groups in total. The molecule has 0 spiro atoms. The van der Waals surface area contributed by atoms with Gasteiger partial charge in [0.25, 0.3) is 0 Å². The fourth-order valence-electron chi connectivity index (χ4n) is 2.25. The van der Waals surface area contributed by atoms with Crippen molar-refractivity contribution in [2.24, 2.45) is 5.92 Å². The van der Waals surface area contributed by atoms with E-state index in [2.05, 4.69) is 4.90 Å². The molecule has 86 valence electrons. The van der Waals surface area contributed by atoms with Gasteiger partial charge in [-0.3, -0.25) is 9.69 Å². The Morgan fingerprint density at radius 2 is 2.06 bits per heavy atom. The van der Waals surface area contributed by atoms with E-state index in [1.807, 2.05) is 31.3 Å². The summed E-state index contributed by atoms with van der Waals surface area (Å²) in [5.74, 6) is -0.964. The van der Waals surface area contributed by atoms with Crippen molar-refractivity contribution in [3.05, 3.63) is 34.9 Å². The van der Waals surface area contributed by atoms with Gasteiger partial charge in [-0.15, -0.1) is 0 Å². The second-order valence-corrected chi connectivity index (χ2v) is 4.71. The highest BCUT2D eigenvalue weighted by Crippen LogP contribution is 2.34. The van der Waals surface area contributed by atoms with Crippen LogP contribution in [-0.4, -0.2) is 29.6 Å². The van der Waals surface area contributed by atoms with Crippen molar-refractivity contribution in [2.45, 2.75) is 12.5 Å². The fourth-order valence-corrected chi connectivity index (χ4v) is 2.38. The second-order valence-electron chi connectivity index (χ2n) is 4.28. The molecule has 1 aromatic rings. The van der Waals surface area contributed by atoms with Gasteiger partial charge in [-0.1, -0.05) is 23.7 Å². The van der Waals surface area contributed by atoms with E-state index in [9.17, 15) is 4.79 Å². The third-order valence-electron chi connectivity index (χ3n) is 3.15. The van der Waals surface area contributed by atoms with Crippen LogP contribution < -0.4 is 0 Å². The predicted molar refractivity (Wildman–Crippen MR) is 62.6 cm³/mol. The molecular formula is C12H14ClNO2.